The Morgan fingerprint density at radius 1 is 1.00 bits per heavy atom. The van der Waals surface area contributed by atoms with E-state index in [4.69, 9.17) is 4.74 Å². The number of halogens is 1. The third-order valence-electron chi connectivity index (χ3n) is 4.89. The summed E-state index contributed by atoms with van der Waals surface area (Å²) in [6, 6.07) is 16.9. The van der Waals surface area contributed by atoms with Gasteiger partial charge in [0.1, 0.15) is 11.4 Å². The number of carbonyl (C=O) groups is 2. The monoisotopic (exact) mass is 456 g/mol. The van der Waals surface area contributed by atoms with Crippen LogP contribution >= 0.6 is 15.9 Å². The summed E-state index contributed by atoms with van der Waals surface area (Å²) in [6.45, 7) is 1.40. The highest BCUT2D eigenvalue weighted by Crippen LogP contribution is 2.32. The number of para-hydroxylation sites is 1. The molecule has 0 radical (unpaired) electrons. The van der Waals surface area contributed by atoms with Gasteiger partial charge in [-0.05, 0) is 46.8 Å². The number of hydrogen-bond acceptors (Lipinski definition) is 3. The third-order valence-corrected chi connectivity index (χ3v) is 5.72. The lowest BCUT2D eigenvalue weighted by Crippen LogP contribution is -2.41. The highest BCUT2D eigenvalue weighted by molar-refractivity contribution is 9.15. The number of likely N-dealkylation sites (tertiary alicyclic amines) is 1. The van der Waals surface area contributed by atoms with E-state index >= 15 is 0 Å². The quantitative estimate of drug-likeness (QED) is 0.664. The number of amides is 2. The molecule has 152 valence electrons. The van der Waals surface area contributed by atoms with Crippen LogP contribution in [-0.2, 0) is 16.0 Å². The van der Waals surface area contributed by atoms with Gasteiger partial charge in [-0.3, -0.25) is 9.59 Å². The van der Waals surface area contributed by atoms with Crippen molar-refractivity contribution in [2.24, 2.45) is 0 Å². The summed E-state index contributed by atoms with van der Waals surface area (Å²) in [7, 11) is 1.58. The number of ether oxygens (including phenoxy) is 1. The predicted octanol–water partition coefficient (Wildman–Crippen LogP) is 4.13. The van der Waals surface area contributed by atoms with Crippen molar-refractivity contribution in [3.05, 3.63) is 71.4 Å². The van der Waals surface area contributed by atoms with E-state index in [9.17, 15) is 9.59 Å². The summed E-state index contributed by atoms with van der Waals surface area (Å²) in [6.07, 6.45) is 3.27. The van der Waals surface area contributed by atoms with Gasteiger partial charge in [-0.2, -0.15) is 0 Å². The van der Waals surface area contributed by atoms with Gasteiger partial charge in [0.15, 0.2) is 0 Å². The van der Waals surface area contributed by atoms with E-state index in [0.29, 0.717) is 23.3 Å². The Balaban J connectivity index is 1.92. The van der Waals surface area contributed by atoms with Gasteiger partial charge < -0.3 is 15.0 Å². The minimum absolute atomic E-state index is 0.177. The lowest BCUT2D eigenvalue weighted by molar-refractivity contribution is -0.130. The van der Waals surface area contributed by atoms with Gasteiger partial charge in [-0.25, -0.2) is 0 Å². The van der Waals surface area contributed by atoms with E-state index in [1.54, 1.807) is 12.0 Å². The largest absolute Gasteiger partial charge is 0.496 e. The summed E-state index contributed by atoms with van der Waals surface area (Å²) in [5.74, 6) is 0.216. The zero-order valence-electron chi connectivity index (χ0n) is 16.5. The van der Waals surface area contributed by atoms with Crippen molar-refractivity contribution in [3.63, 3.8) is 0 Å². The van der Waals surface area contributed by atoms with E-state index in [1.807, 2.05) is 54.6 Å². The third kappa shape index (κ3) is 5.48. The minimum atomic E-state index is -0.233. The number of nitrogens with zero attached hydrogens (tertiary/aromatic N) is 1. The van der Waals surface area contributed by atoms with Gasteiger partial charge >= 0.3 is 0 Å². The molecule has 0 aliphatic carbocycles. The molecule has 1 aliphatic rings. The Labute approximate surface area is 179 Å². The van der Waals surface area contributed by atoms with Crippen LogP contribution in [0.4, 0.5) is 0 Å². The maximum Gasteiger partial charge on any atom is 0.271 e. The summed E-state index contributed by atoms with van der Waals surface area (Å²) in [4.78, 5) is 27.8. The van der Waals surface area contributed by atoms with Crippen LogP contribution in [-0.4, -0.2) is 36.9 Å². The maximum absolute atomic E-state index is 13.3. The lowest BCUT2D eigenvalue weighted by Gasteiger charge is -2.28. The van der Waals surface area contributed by atoms with Crippen LogP contribution < -0.4 is 10.1 Å². The molecule has 1 aliphatic heterocycles. The number of rotatable bonds is 6. The van der Waals surface area contributed by atoms with E-state index in [0.717, 1.165) is 30.4 Å². The zero-order valence-corrected chi connectivity index (χ0v) is 18.1. The molecule has 6 heteroatoms. The smallest absolute Gasteiger partial charge is 0.271 e. The van der Waals surface area contributed by atoms with Crippen molar-refractivity contribution in [2.45, 2.75) is 25.7 Å². The zero-order chi connectivity index (χ0) is 20.6. The molecule has 1 fully saturated rings. The maximum atomic E-state index is 13.3. The summed E-state index contributed by atoms with van der Waals surface area (Å²) < 4.78 is 5.96. The molecular formula is C23H25BrN2O3. The summed E-state index contributed by atoms with van der Waals surface area (Å²) in [5.41, 5.74) is 1.86. The first kappa shape index (κ1) is 21.1. The van der Waals surface area contributed by atoms with Crippen molar-refractivity contribution in [1.82, 2.24) is 10.2 Å². The Kier molecular flexibility index (Phi) is 7.47. The predicted molar refractivity (Wildman–Crippen MR) is 118 cm³/mol. The first-order valence-electron chi connectivity index (χ1n) is 9.76. The molecule has 0 atom stereocenters. The average molecular weight is 457 g/mol. The van der Waals surface area contributed by atoms with Crippen LogP contribution in [0.3, 0.4) is 0 Å². The molecule has 0 spiro atoms. The van der Waals surface area contributed by atoms with Crippen LogP contribution in [0.2, 0.25) is 0 Å². The van der Waals surface area contributed by atoms with Gasteiger partial charge in [-0.15, -0.1) is 0 Å². The molecule has 0 bridgehead atoms. The molecule has 1 heterocycles. The van der Waals surface area contributed by atoms with Gasteiger partial charge in [0, 0.05) is 18.7 Å². The number of benzene rings is 2. The Hall–Kier alpha value is -2.60. The molecule has 1 saturated heterocycles. The van der Waals surface area contributed by atoms with Gasteiger partial charge in [0.05, 0.1) is 18.0 Å². The van der Waals surface area contributed by atoms with Crippen LogP contribution in [0.5, 0.6) is 5.75 Å². The van der Waals surface area contributed by atoms with Crippen LogP contribution in [0.1, 0.15) is 30.4 Å². The van der Waals surface area contributed by atoms with Crippen LogP contribution in [0, 0.1) is 0 Å². The van der Waals surface area contributed by atoms with Crippen molar-refractivity contribution < 1.29 is 14.3 Å². The molecule has 3 rings (SSSR count). The molecule has 2 amide bonds. The van der Waals surface area contributed by atoms with Crippen molar-refractivity contribution in [2.75, 3.05) is 20.2 Å². The van der Waals surface area contributed by atoms with E-state index < -0.39 is 0 Å². The van der Waals surface area contributed by atoms with E-state index in [1.165, 1.54) is 0 Å². The fourth-order valence-electron chi connectivity index (χ4n) is 3.38. The topological polar surface area (TPSA) is 58.6 Å². The van der Waals surface area contributed by atoms with E-state index in [-0.39, 0.29) is 23.9 Å². The molecule has 2 aromatic carbocycles. The van der Waals surface area contributed by atoms with Crippen LogP contribution in [0.25, 0.3) is 4.48 Å². The van der Waals surface area contributed by atoms with Gasteiger partial charge in [0.2, 0.25) is 5.91 Å². The molecular weight excluding hydrogens is 432 g/mol. The number of nitrogens with one attached hydrogen (secondary N) is 1. The lowest BCUT2D eigenvalue weighted by atomic mass is 10.1. The molecule has 2 aromatic rings. The Morgan fingerprint density at radius 2 is 1.66 bits per heavy atom. The fraction of sp³-hybridized carbons (Fsp3) is 0.304. The van der Waals surface area contributed by atoms with Crippen molar-refractivity contribution in [3.8, 4) is 5.75 Å². The Bertz CT molecular complexity index is 890. The number of carbonyl (C=O) groups excluding carboxylic acids is 2. The van der Waals surface area contributed by atoms with Crippen LogP contribution in [0.15, 0.2) is 60.3 Å². The van der Waals surface area contributed by atoms with Gasteiger partial charge in [-0.1, -0.05) is 48.5 Å². The normalized spacial score (nSPS) is 14.8. The first-order chi connectivity index (χ1) is 14.1. The number of hydrogen-bond donors (Lipinski definition) is 1. The highest BCUT2D eigenvalue weighted by atomic mass is 79.9. The molecule has 0 unspecified atom stereocenters. The minimum Gasteiger partial charge on any atom is -0.496 e. The second-order valence-corrected chi connectivity index (χ2v) is 7.75. The number of piperidine rings is 1. The summed E-state index contributed by atoms with van der Waals surface area (Å²) in [5, 5.41) is 2.86. The SMILES string of the molecule is COc1ccccc1C(Br)=C(NC(=O)Cc1ccccc1)C(=O)N1CCCCC1. The van der Waals surface area contributed by atoms with Crippen molar-refractivity contribution >= 4 is 32.2 Å². The molecule has 0 aromatic heterocycles. The highest BCUT2D eigenvalue weighted by Gasteiger charge is 2.26. The van der Waals surface area contributed by atoms with Crippen molar-refractivity contribution in [1.29, 1.82) is 0 Å². The molecule has 5 nitrogen and oxygen atoms in total. The van der Waals surface area contributed by atoms with E-state index in [2.05, 4.69) is 21.2 Å². The second-order valence-electron chi connectivity index (χ2n) is 6.95. The molecule has 0 saturated carbocycles. The molecule has 1 N–H and O–H groups in total. The standard InChI is InChI=1S/C23H25BrN2O3/c1-29-19-13-7-6-12-18(19)21(24)22(23(28)26-14-8-3-9-15-26)25-20(27)16-17-10-4-2-5-11-17/h2,4-7,10-13H,3,8-9,14-16H2,1H3,(H,25,27). The summed E-state index contributed by atoms with van der Waals surface area (Å²) >= 11 is 3.56. The first-order valence-corrected chi connectivity index (χ1v) is 10.6. The van der Waals surface area contributed by atoms with Gasteiger partial charge in [0.25, 0.3) is 5.91 Å². The second kappa shape index (κ2) is 10.3. The average Bonchev–Trinajstić information content (AvgIpc) is 2.77. The Morgan fingerprint density at radius 3 is 2.34 bits per heavy atom. The fourth-order valence-corrected chi connectivity index (χ4v) is 3.98. The molecule has 29 heavy (non-hydrogen) atoms. The number of methoxy groups -OCH3 is 1.